The summed E-state index contributed by atoms with van der Waals surface area (Å²) in [5.74, 6) is -0.883. The minimum absolute atomic E-state index is 0.352. The normalized spacial score (nSPS) is 20.4. The third-order valence-electron chi connectivity index (χ3n) is 4.57. The summed E-state index contributed by atoms with van der Waals surface area (Å²) >= 11 is 1.49. The van der Waals surface area contributed by atoms with Crippen molar-refractivity contribution < 1.29 is 23.1 Å². The van der Waals surface area contributed by atoms with Crippen LogP contribution in [0.3, 0.4) is 0 Å². The molecule has 0 bridgehead atoms. The van der Waals surface area contributed by atoms with Gasteiger partial charge < -0.3 is 5.11 Å². The number of benzene rings is 1. The first-order chi connectivity index (χ1) is 11.9. The summed E-state index contributed by atoms with van der Waals surface area (Å²) in [6.07, 6.45) is -2.11. The van der Waals surface area contributed by atoms with E-state index >= 15 is 0 Å². The minimum Gasteiger partial charge on any atom is -0.480 e. The molecule has 0 spiro atoms. The van der Waals surface area contributed by atoms with Gasteiger partial charge in [-0.2, -0.15) is 24.5 Å². The van der Waals surface area contributed by atoms with Crippen LogP contribution in [0.2, 0.25) is 0 Å². The number of carboxylic acid groups (broad SMARTS) is 1. The van der Waals surface area contributed by atoms with Crippen LogP contribution in [0.25, 0.3) is 0 Å². The van der Waals surface area contributed by atoms with Crippen LogP contribution in [0.1, 0.15) is 42.0 Å². The van der Waals surface area contributed by atoms with Gasteiger partial charge in [0.1, 0.15) is 6.04 Å². The van der Waals surface area contributed by atoms with Crippen LogP contribution >= 0.6 is 11.3 Å². The van der Waals surface area contributed by atoms with E-state index in [1.165, 1.54) is 23.5 Å². The van der Waals surface area contributed by atoms with E-state index in [0.717, 1.165) is 30.5 Å². The molecule has 134 valence electrons. The summed E-state index contributed by atoms with van der Waals surface area (Å²) in [6, 6.07) is 5.97. The second-order valence-corrected chi connectivity index (χ2v) is 6.95. The zero-order chi connectivity index (χ0) is 18.0. The Bertz CT molecular complexity index is 713. The molecule has 0 aliphatic carbocycles. The lowest BCUT2D eigenvalue weighted by molar-refractivity contribution is -0.145. The van der Waals surface area contributed by atoms with Crippen molar-refractivity contribution in [3.05, 3.63) is 57.8 Å². The summed E-state index contributed by atoms with van der Waals surface area (Å²) < 4.78 is 38.5. The molecule has 1 aliphatic rings. The monoisotopic (exact) mass is 369 g/mol. The number of halogens is 3. The molecular weight excluding hydrogens is 351 g/mol. The molecule has 1 aliphatic heterocycles. The zero-order valence-electron chi connectivity index (χ0n) is 13.4. The number of carbonyl (C=O) groups is 1. The third-order valence-corrected chi connectivity index (χ3v) is 5.28. The van der Waals surface area contributed by atoms with Gasteiger partial charge in [-0.05, 0) is 59.5 Å². The Morgan fingerprint density at radius 1 is 1.16 bits per heavy atom. The van der Waals surface area contributed by atoms with E-state index < -0.39 is 23.8 Å². The molecule has 1 fully saturated rings. The minimum atomic E-state index is -4.38. The molecule has 0 amide bonds. The van der Waals surface area contributed by atoms with Gasteiger partial charge in [-0.25, -0.2) is 0 Å². The van der Waals surface area contributed by atoms with Gasteiger partial charge in [0.05, 0.1) is 11.6 Å². The van der Waals surface area contributed by atoms with Crippen LogP contribution in [-0.4, -0.2) is 28.6 Å². The highest BCUT2D eigenvalue weighted by Gasteiger charge is 2.36. The van der Waals surface area contributed by atoms with E-state index in [1.54, 1.807) is 0 Å². The third kappa shape index (κ3) is 3.88. The van der Waals surface area contributed by atoms with E-state index in [9.17, 15) is 23.1 Å². The molecule has 3 nitrogen and oxygen atoms in total. The van der Waals surface area contributed by atoms with Gasteiger partial charge in [0.15, 0.2) is 0 Å². The summed E-state index contributed by atoms with van der Waals surface area (Å²) in [6.45, 7) is 0.610. The van der Waals surface area contributed by atoms with Crippen LogP contribution in [0.4, 0.5) is 13.2 Å². The van der Waals surface area contributed by atoms with Gasteiger partial charge >= 0.3 is 12.1 Å². The first-order valence-corrected chi connectivity index (χ1v) is 9.00. The molecular formula is C18H18F3NO2S. The lowest BCUT2D eigenvalue weighted by Gasteiger charge is -2.39. The fourth-order valence-electron chi connectivity index (χ4n) is 3.39. The molecule has 0 radical (unpaired) electrons. The maximum absolute atomic E-state index is 12.8. The summed E-state index contributed by atoms with van der Waals surface area (Å²) in [5, 5.41) is 13.4. The van der Waals surface area contributed by atoms with Gasteiger partial charge in [0.2, 0.25) is 0 Å². The Morgan fingerprint density at radius 2 is 1.88 bits per heavy atom. The Balaban J connectivity index is 1.99. The highest BCUT2D eigenvalue weighted by molar-refractivity contribution is 7.08. The van der Waals surface area contributed by atoms with Crippen molar-refractivity contribution >= 4 is 17.3 Å². The molecule has 3 rings (SSSR count). The lowest BCUT2D eigenvalue weighted by Crippen LogP contribution is -2.46. The smallest absolute Gasteiger partial charge is 0.416 e. The van der Waals surface area contributed by atoms with E-state index in [1.807, 2.05) is 21.7 Å². The molecule has 1 aromatic carbocycles. The number of aliphatic carboxylic acids is 1. The van der Waals surface area contributed by atoms with Crippen molar-refractivity contribution in [1.82, 2.24) is 4.90 Å². The number of hydrogen-bond acceptors (Lipinski definition) is 3. The highest BCUT2D eigenvalue weighted by Crippen LogP contribution is 2.37. The molecule has 7 heteroatoms. The average molecular weight is 369 g/mol. The van der Waals surface area contributed by atoms with Crippen LogP contribution in [0, 0.1) is 0 Å². The van der Waals surface area contributed by atoms with Gasteiger partial charge in [-0.15, -0.1) is 0 Å². The number of rotatable bonds is 4. The largest absolute Gasteiger partial charge is 0.480 e. The Hall–Kier alpha value is -1.86. The molecule has 2 heterocycles. The van der Waals surface area contributed by atoms with Crippen molar-refractivity contribution in [1.29, 1.82) is 0 Å². The fraction of sp³-hybridized carbons (Fsp3) is 0.389. The van der Waals surface area contributed by atoms with Crippen LogP contribution in [0.5, 0.6) is 0 Å². The second kappa shape index (κ2) is 7.17. The van der Waals surface area contributed by atoms with Crippen molar-refractivity contribution in [2.45, 2.75) is 37.5 Å². The van der Waals surface area contributed by atoms with Crippen molar-refractivity contribution in [3.63, 3.8) is 0 Å². The van der Waals surface area contributed by atoms with Crippen LogP contribution in [-0.2, 0) is 11.0 Å². The van der Waals surface area contributed by atoms with Crippen molar-refractivity contribution in [2.24, 2.45) is 0 Å². The Kier molecular flexibility index (Phi) is 5.15. The van der Waals surface area contributed by atoms with Crippen molar-refractivity contribution in [3.8, 4) is 0 Å². The van der Waals surface area contributed by atoms with E-state index in [4.69, 9.17) is 0 Å². The maximum Gasteiger partial charge on any atom is 0.416 e. The number of carboxylic acids is 1. The maximum atomic E-state index is 12.8. The quantitative estimate of drug-likeness (QED) is 0.842. The van der Waals surface area contributed by atoms with Gasteiger partial charge in [-0.3, -0.25) is 9.69 Å². The summed E-state index contributed by atoms with van der Waals surface area (Å²) in [7, 11) is 0. The standard InChI is InChI=1S/C18H18F3NO2S/c19-18(20,21)14-6-4-12(5-7-14)16(13-8-10-25-11-13)22-9-2-1-3-15(22)17(23)24/h4-8,10-11,15-16H,1-3,9H2,(H,23,24). The first-order valence-electron chi connectivity index (χ1n) is 8.06. The number of thiophene rings is 1. The van der Waals surface area contributed by atoms with Crippen molar-refractivity contribution in [2.75, 3.05) is 6.54 Å². The molecule has 1 aromatic heterocycles. The number of nitrogens with zero attached hydrogens (tertiary/aromatic N) is 1. The predicted octanol–water partition coefficient (Wildman–Crippen LogP) is 4.80. The van der Waals surface area contributed by atoms with Gasteiger partial charge in [0, 0.05) is 0 Å². The highest BCUT2D eigenvalue weighted by atomic mass is 32.1. The fourth-order valence-corrected chi connectivity index (χ4v) is 4.07. The Morgan fingerprint density at radius 3 is 2.44 bits per heavy atom. The number of hydrogen-bond donors (Lipinski definition) is 1. The number of likely N-dealkylation sites (tertiary alicyclic amines) is 1. The topological polar surface area (TPSA) is 40.5 Å². The summed E-state index contributed by atoms with van der Waals surface area (Å²) in [5.41, 5.74) is 0.895. The molecule has 1 saturated heterocycles. The predicted molar refractivity (Wildman–Crippen MR) is 89.6 cm³/mol. The van der Waals surface area contributed by atoms with Gasteiger partial charge in [0.25, 0.3) is 0 Å². The van der Waals surface area contributed by atoms with E-state index in [2.05, 4.69) is 0 Å². The van der Waals surface area contributed by atoms with Gasteiger partial charge in [-0.1, -0.05) is 18.6 Å². The van der Waals surface area contributed by atoms with Crippen LogP contribution in [0.15, 0.2) is 41.1 Å². The molecule has 25 heavy (non-hydrogen) atoms. The molecule has 2 atom stereocenters. The number of alkyl halides is 3. The summed E-state index contributed by atoms with van der Waals surface area (Å²) in [4.78, 5) is 13.6. The molecule has 2 aromatic rings. The van der Waals surface area contributed by atoms with E-state index in [0.29, 0.717) is 18.5 Å². The molecule has 1 N–H and O–H groups in total. The molecule has 0 saturated carbocycles. The SMILES string of the molecule is O=C(O)C1CCCCN1C(c1ccc(C(F)(F)F)cc1)c1ccsc1. The first kappa shape index (κ1) is 17.9. The second-order valence-electron chi connectivity index (χ2n) is 6.17. The Labute approximate surface area is 147 Å². The zero-order valence-corrected chi connectivity index (χ0v) is 14.2. The van der Waals surface area contributed by atoms with E-state index in [-0.39, 0.29) is 6.04 Å². The average Bonchev–Trinajstić information content (AvgIpc) is 3.09. The van der Waals surface area contributed by atoms with Crippen LogP contribution < -0.4 is 0 Å². The molecule has 2 unspecified atom stereocenters. The number of piperidine rings is 1. The lowest BCUT2D eigenvalue weighted by atomic mass is 9.92.